The zero-order valence-corrected chi connectivity index (χ0v) is 9.53. The van der Waals surface area contributed by atoms with E-state index in [0.717, 1.165) is 6.42 Å². The highest BCUT2D eigenvalue weighted by molar-refractivity contribution is 5.94. The Hall–Kier alpha value is -1.82. The fraction of sp³-hybridized carbons (Fsp3) is 0.455. The molecule has 1 aromatic heterocycles. The first-order chi connectivity index (χ1) is 8.22. The number of H-pyrrole nitrogens is 1. The lowest BCUT2D eigenvalue weighted by molar-refractivity contribution is -0.124. The van der Waals surface area contributed by atoms with Crippen LogP contribution < -0.4 is 10.9 Å². The summed E-state index contributed by atoms with van der Waals surface area (Å²) in [6.45, 7) is 2.49. The predicted octanol–water partition coefficient (Wildman–Crippen LogP) is 0.201. The number of hydrogen-bond acceptors (Lipinski definition) is 3. The van der Waals surface area contributed by atoms with Gasteiger partial charge in [0.15, 0.2) is 0 Å². The summed E-state index contributed by atoms with van der Waals surface area (Å²) in [5.74, 6) is -0.709. The van der Waals surface area contributed by atoms with E-state index < -0.39 is 0 Å². The molecule has 0 radical (unpaired) electrons. The van der Waals surface area contributed by atoms with Gasteiger partial charge in [0, 0.05) is 12.8 Å². The molecule has 2 amide bonds. The second-order valence-corrected chi connectivity index (χ2v) is 3.86. The molecule has 1 aliphatic rings. The predicted molar refractivity (Wildman–Crippen MR) is 59.9 cm³/mol. The minimum Gasteiger partial charge on any atom is -0.378 e. The molecule has 0 bridgehead atoms. The first-order valence-electron chi connectivity index (χ1n) is 5.57. The van der Waals surface area contributed by atoms with Gasteiger partial charge in [-0.1, -0.05) is 0 Å². The van der Waals surface area contributed by atoms with E-state index in [1.165, 1.54) is 0 Å². The van der Waals surface area contributed by atoms with E-state index in [-0.39, 0.29) is 23.8 Å². The number of hydrogen-bond donors (Lipinski definition) is 3. The van der Waals surface area contributed by atoms with Gasteiger partial charge in [-0.15, -0.1) is 0 Å². The molecule has 3 N–H and O–H groups in total. The van der Waals surface area contributed by atoms with Gasteiger partial charge in [0.2, 0.25) is 5.91 Å². The largest absolute Gasteiger partial charge is 0.378 e. The van der Waals surface area contributed by atoms with E-state index in [0.29, 0.717) is 12.3 Å². The SMILES string of the molecule is CCOC1CC1C(=O)NNC(=O)c1ccc[nH]1. The molecule has 1 fully saturated rings. The van der Waals surface area contributed by atoms with Gasteiger partial charge in [-0.25, -0.2) is 0 Å². The monoisotopic (exact) mass is 237 g/mol. The van der Waals surface area contributed by atoms with Crippen LogP contribution in [-0.4, -0.2) is 29.5 Å². The van der Waals surface area contributed by atoms with E-state index in [4.69, 9.17) is 4.74 Å². The second kappa shape index (κ2) is 5.01. The number of ether oxygens (including phenoxy) is 1. The fourth-order valence-corrected chi connectivity index (χ4v) is 1.60. The van der Waals surface area contributed by atoms with Crippen molar-refractivity contribution < 1.29 is 14.3 Å². The van der Waals surface area contributed by atoms with Crippen molar-refractivity contribution in [2.75, 3.05) is 6.61 Å². The third kappa shape index (κ3) is 2.85. The van der Waals surface area contributed by atoms with Crippen LogP contribution >= 0.6 is 0 Å². The van der Waals surface area contributed by atoms with Gasteiger partial charge < -0.3 is 9.72 Å². The van der Waals surface area contributed by atoms with Crippen molar-refractivity contribution in [2.45, 2.75) is 19.4 Å². The average molecular weight is 237 g/mol. The number of carbonyl (C=O) groups excluding carboxylic acids is 2. The fourth-order valence-electron chi connectivity index (χ4n) is 1.60. The Labute approximate surface area is 98.7 Å². The van der Waals surface area contributed by atoms with Gasteiger partial charge in [0.1, 0.15) is 5.69 Å². The maximum absolute atomic E-state index is 11.5. The van der Waals surface area contributed by atoms with E-state index in [1.807, 2.05) is 6.92 Å². The van der Waals surface area contributed by atoms with E-state index in [9.17, 15) is 9.59 Å². The minimum absolute atomic E-state index is 0.00221. The third-order valence-electron chi connectivity index (χ3n) is 2.59. The van der Waals surface area contributed by atoms with Crippen LogP contribution in [0.25, 0.3) is 0 Å². The maximum Gasteiger partial charge on any atom is 0.286 e. The molecule has 2 unspecified atom stereocenters. The summed E-state index contributed by atoms with van der Waals surface area (Å²) in [4.78, 5) is 25.8. The molecular formula is C11H15N3O3. The molecule has 2 rings (SSSR count). The zero-order chi connectivity index (χ0) is 12.3. The van der Waals surface area contributed by atoms with Gasteiger partial charge in [0.05, 0.1) is 12.0 Å². The molecule has 2 atom stereocenters. The molecule has 0 saturated heterocycles. The van der Waals surface area contributed by atoms with E-state index >= 15 is 0 Å². The lowest BCUT2D eigenvalue weighted by Gasteiger charge is -2.05. The van der Waals surface area contributed by atoms with Crippen LogP contribution in [0.3, 0.4) is 0 Å². The summed E-state index contributed by atoms with van der Waals surface area (Å²) in [6, 6.07) is 3.34. The Kier molecular flexibility index (Phi) is 3.43. The Morgan fingerprint density at radius 2 is 2.35 bits per heavy atom. The van der Waals surface area contributed by atoms with Crippen molar-refractivity contribution in [1.29, 1.82) is 0 Å². The number of rotatable bonds is 4. The average Bonchev–Trinajstić information content (AvgIpc) is 2.89. The molecule has 6 heteroatoms. The van der Waals surface area contributed by atoms with Crippen molar-refractivity contribution in [3.05, 3.63) is 24.0 Å². The number of amides is 2. The normalized spacial score (nSPS) is 21.9. The van der Waals surface area contributed by atoms with Crippen LogP contribution in [0.4, 0.5) is 0 Å². The summed E-state index contributed by atoms with van der Waals surface area (Å²) in [5, 5.41) is 0. The molecule has 92 valence electrons. The number of hydrazine groups is 1. The Bertz CT molecular complexity index is 402. The molecule has 1 aliphatic carbocycles. The topological polar surface area (TPSA) is 83.2 Å². The quantitative estimate of drug-likeness (QED) is 0.654. The second-order valence-electron chi connectivity index (χ2n) is 3.86. The number of aromatic amines is 1. The molecule has 17 heavy (non-hydrogen) atoms. The van der Waals surface area contributed by atoms with E-state index in [1.54, 1.807) is 18.3 Å². The van der Waals surface area contributed by atoms with Crippen molar-refractivity contribution in [3.63, 3.8) is 0 Å². The maximum atomic E-state index is 11.5. The molecule has 6 nitrogen and oxygen atoms in total. The van der Waals surface area contributed by atoms with Gasteiger partial charge in [-0.05, 0) is 25.5 Å². The Balaban J connectivity index is 1.72. The molecule has 0 aromatic carbocycles. The van der Waals surface area contributed by atoms with Crippen LogP contribution in [-0.2, 0) is 9.53 Å². The van der Waals surface area contributed by atoms with Gasteiger partial charge in [0.25, 0.3) is 5.91 Å². The molecule has 0 aliphatic heterocycles. The van der Waals surface area contributed by atoms with Crippen LogP contribution in [0.15, 0.2) is 18.3 Å². The highest BCUT2D eigenvalue weighted by Gasteiger charge is 2.44. The molecular weight excluding hydrogens is 222 g/mol. The zero-order valence-electron chi connectivity index (χ0n) is 9.53. The standard InChI is InChI=1S/C11H15N3O3/c1-2-17-9-6-7(9)10(15)13-14-11(16)8-4-3-5-12-8/h3-5,7,9,12H,2,6H2,1H3,(H,13,15)(H,14,16). The highest BCUT2D eigenvalue weighted by Crippen LogP contribution is 2.33. The first kappa shape index (κ1) is 11.7. The summed E-state index contributed by atoms with van der Waals surface area (Å²) >= 11 is 0. The lowest BCUT2D eigenvalue weighted by atomic mass is 10.4. The highest BCUT2D eigenvalue weighted by atomic mass is 16.5. The van der Waals surface area contributed by atoms with Gasteiger partial charge >= 0.3 is 0 Å². The van der Waals surface area contributed by atoms with Crippen molar-refractivity contribution in [1.82, 2.24) is 15.8 Å². The van der Waals surface area contributed by atoms with Crippen molar-refractivity contribution >= 4 is 11.8 Å². The summed E-state index contributed by atoms with van der Waals surface area (Å²) in [6.07, 6.45) is 2.36. The summed E-state index contributed by atoms with van der Waals surface area (Å²) in [7, 11) is 0. The number of carbonyl (C=O) groups is 2. The smallest absolute Gasteiger partial charge is 0.286 e. The first-order valence-corrected chi connectivity index (χ1v) is 5.57. The summed E-state index contributed by atoms with van der Waals surface area (Å²) < 4.78 is 5.29. The van der Waals surface area contributed by atoms with Gasteiger partial charge in [-0.2, -0.15) is 0 Å². The number of aromatic nitrogens is 1. The molecule has 1 heterocycles. The molecule has 0 spiro atoms. The molecule has 1 saturated carbocycles. The third-order valence-corrected chi connectivity index (χ3v) is 2.59. The van der Waals surface area contributed by atoms with E-state index in [2.05, 4.69) is 15.8 Å². The van der Waals surface area contributed by atoms with Crippen LogP contribution in [0.2, 0.25) is 0 Å². The Morgan fingerprint density at radius 3 is 3.00 bits per heavy atom. The number of nitrogens with one attached hydrogen (secondary N) is 3. The minimum atomic E-state index is -0.364. The van der Waals surface area contributed by atoms with Crippen LogP contribution in [0.5, 0.6) is 0 Å². The lowest BCUT2D eigenvalue weighted by Crippen LogP contribution is -2.43. The molecule has 1 aromatic rings. The summed E-state index contributed by atoms with van der Waals surface area (Å²) in [5.41, 5.74) is 5.13. The van der Waals surface area contributed by atoms with Crippen LogP contribution in [0, 0.1) is 5.92 Å². The van der Waals surface area contributed by atoms with Gasteiger partial charge in [-0.3, -0.25) is 20.4 Å². The van der Waals surface area contributed by atoms with Crippen LogP contribution in [0.1, 0.15) is 23.8 Å². The van der Waals surface area contributed by atoms with Crippen molar-refractivity contribution in [2.24, 2.45) is 5.92 Å². The van der Waals surface area contributed by atoms with Crippen molar-refractivity contribution in [3.8, 4) is 0 Å². The Morgan fingerprint density at radius 1 is 1.53 bits per heavy atom.